The lowest BCUT2D eigenvalue weighted by molar-refractivity contribution is -0.111. The van der Waals surface area contributed by atoms with Crippen LogP contribution in [0.25, 0.3) is 5.57 Å². The molecule has 3 rings (SSSR count). The molecule has 1 N–H and O–H groups in total. The molecule has 4 nitrogen and oxygen atoms in total. The van der Waals surface area contributed by atoms with Gasteiger partial charge in [-0.05, 0) is 48.0 Å². The van der Waals surface area contributed by atoms with E-state index in [9.17, 15) is 9.00 Å². The van der Waals surface area contributed by atoms with Gasteiger partial charge in [0.15, 0.2) is 5.13 Å². The van der Waals surface area contributed by atoms with Crippen molar-refractivity contribution < 1.29 is 9.00 Å². The highest BCUT2D eigenvalue weighted by molar-refractivity contribution is 7.99. The summed E-state index contributed by atoms with van der Waals surface area (Å²) in [6.07, 6.45) is 7.61. The van der Waals surface area contributed by atoms with Gasteiger partial charge in [0.2, 0.25) is 0 Å². The van der Waals surface area contributed by atoms with E-state index < -0.39 is 10.8 Å². The van der Waals surface area contributed by atoms with Crippen LogP contribution in [0, 0.1) is 5.92 Å². The number of hydrogen-bond acceptors (Lipinski definition) is 5. The van der Waals surface area contributed by atoms with Gasteiger partial charge in [0.05, 0.1) is 0 Å². The molecule has 0 saturated carbocycles. The minimum absolute atomic E-state index is 0.140. The Morgan fingerprint density at radius 3 is 2.60 bits per heavy atom. The standard InChI is InChI=1S/C18H20N2O2S3/c1-25(22)15-4-2-14(3-5-15)16(12-13-6-9-23-10-7-13)17(21)20-18-19-8-11-24-18/h2-5,8,11-13H,6-7,9-10H2,1H3,(H,19,20,21). The predicted molar refractivity (Wildman–Crippen MR) is 108 cm³/mol. The van der Waals surface area contributed by atoms with Crippen LogP contribution in [0.5, 0.6) is 0 Å². The third-order valence-corrected chi connectivity index (χ3v) is 6.74. The maximum atomic E-state index is 12.8. The molecule has 1 aromatic carbocycles. The molecule has 2 heterocycles. The molecule has 7 heteroatoms. The summed E-state index contributed by atoms with van der Waals surface area (Å²) < 4.78 is 11.6. The zero-order valence-electron chi connectivity index (χ0n) is 13.9. The Balaban J connectivity index is 1.88. The number of rotatable bonds is 5. The second-order valence-electron chi connectivity index (χ2n) is 5.80. The maximum Gasteiger partial charge on any atom is 0.257 e. The molecule has 25 heavy (non-hydrogen) atoms. The molecule has 1 unspecified atom stereocenters. The van der Waals surface area contributed by atoms with Gasteiger partial charge >= 0.3 is 0 Å². The van der Waals surface area contributed by atoms with E-state index in [1.165, 1.54) is 11.3 Å². The highest BCUT2D eigenvalue weighted by atomic mass is 32.2. The van der Waals surface area contributed by atoms with Gasteiger partial charge in [0.25, 0.3) is 5.91 Å². The largest absolute Gasteiger partial charge is 0.298 e. The maximum absolute atomic E-state index is 12.8. The molecule has 1 atom stereocenters. The Morgan fingerprint density at radius 2 is 2.00 bits per heavy atom. The van der Waals surface area contributed by atoms with Gasteiger partial charge in [0, 0.05) is 39.1 Å². The van der Waals surface area contributed by atoms with Crippen molar-refractivity contribution in [1.29, 1.82) is 0 Å². The van der Waals surface area contributed by atoms with Crippen LogP contribution in [0.3, 0.4) is 0 Å². The topological polar surface area (TPSA) is 59.1 Å². The summed E-state index contributed by atoms with van der Waals surface area (Å²) >= 11 is 3.37. The smallest absolute Gasteiger partial charge is 0.257 e. The molecular formula is C18H20N2O2S3. The number of thiazole rings is 1. The first-order chi connectivity index (χ1) is 12.1. The van der Waals surface area contributed by atoms with E-state index >= 15 is 0 Å². The number of carbonyl (C=O) groups is 1. The van der Waals surface area contributed by atoms with Gasteiger partial charge < -0.3 is 0 Å². The van der Waals surface area contributed by atoms with E-state index in [1.54, 1.807) is 12.5 Å². The molecule has 2 aromatic rings. The number of hydrogen-bond donors (Lipinski definition) is 1. The molecule has 1 aromatic heterocycles. The van der Waals surface area contributed by atoms with Crippen LogP contribution in [-0.2, 0) is 15.6 Å². The first kappa shape index (κ1) is 18.4. The van der Waals surface area contributed by atoms with Crippen LogP contribution in [0.1, 0.15) is 18.4 Å². The second kappa shape index (κ2) is 8.78. The van der Waals surface area contributed by atoms with Crippen LogP contribution >= 0.6 is 23.1 Å². The molecular weight excluding hydrogens is 372 g/mol. The fourth-order valence-electron chi connectivity index (χ4n) is 2.70. The van der Waals surface area contributed by atoms with Crippen molar-refractivity contribution in [2.75, 3.05) is 23.1 Å². The number of amides is 1. The number of thioether (sulfide) groups is 1. The lowest BCUT2D eigenvalue weighted by Crippen LogP contribution is -2.16. The fourth-order valence-corrected chi connectivity index (χ4v) is 4.88. The minimum Gasteiger partial charge on any atom is -0.298 e. The summed E-state index contributed by atoms with van der Waals surface area (Å²) in [6, 6.07) is 7.41. The number of allylic oxidation sites excluding steroid dienone is 1. The Hall–Kier alpha value is -1.44. The van der Waals surface area contributed by atoms with Crippen molar-refractivity contribution in [2.45, 2.75) is 17.7 Å². The van der Waals surface area contributed by atoms with Crippen LogP contribution in [0.4, 0.5) is 5.13 Å². The van der Waals surface area contributed by atoms with Crippen LogP contribution < -0.4 is 5.32 Å². The zero-order chi connectivity index (χ0) is 17.6. The molecule has 132 valence electrons. The molecule has 0 bridgehead atoms. The van der Waals surface area contributed by atoms with Gasteiger partial charge in [-0.1, -0.05) is 18.2 Å². The fraction of sp³-hybridized carbons (Fsp3) is 0.333. The van der Waals surface area contributed by atoms with E-state index in [0.29, 0.717) is 16.6 Å². The number of nitrogens with zero attached hydrogens (tertiary/aromatic N) is 1. The number of anilines is 1. The average molecular weight is 393 g/mol. The van der Waals surface area contributed by atoms with Crippen molar-refractivity contribution in [3.8, 4) is 0 Å². The van der Waals surface area contributed by atoms with Gasteiger partial charge in [-0.2, -0.15) is 11.8 Å². The zero-order valence-corrected chi connectivity index (χ0v) is 16.4. The first-order valence-corrected chi connectivity index (χ1v) is 11.7. The van der Waals surface area contributed by atoms with Crippen LogP contribution in [0.15, 0.2) is 46.8 Å². The summed E-state index contributed by atoms with van der Waals surface area (Å²) in [5.74, 6) is 2.55. The third-order valence-electron chi connectivity index (χ3n) is 4.06. The number of carbonyl (C=O) groups excluding carboxylic acids is 1. The van der Waals surface area contributed by atoms with Crippen LogP contribution in [0.2, 0.25) is 0 Å². The summed E-state index contributed by atoms with van der Waals surface area (Å²) in [6.45, 7) is 0. The molecule has 1 aliphatic rings. The summed E-state index contributed by atoms with van der Waals surface area (Å²) in [5.41, 5.74) is 1.52. The van der Waals surface area contributed by atoms with Crippen molar-refractivity contribution in [3.05, 3.63) is 47.5 Å². The first-order valence-electron chi connectivity index (χ1n) is 8.08. The normalized spacial score (nSPS) is 17.2. The molecule has 0 aliphatic carbocycles. The van der Waals surface area contributed by atoms with Gasteiger partial charge in [-0.3, -0.25) is 14.3 Å². The lowest BCUT2D eigenvalue weighted by Gasteiger charge is -2.19. The van der Waals surface area contributed by atoms with E-state index in [4.69, 9.17) is 0 Å². The number of nitrogens with one attached hydrogen (secondary N) is 1. The molecule has 0 spiro atoms. The Morgan fingerprint density at radius 1 is 1.28 bits per heavy atom. The van der Waals surface area contributed by atoms with Crippen molar-refractivity contribution in [2.24, 2.45) is 5.92 Å². The molecule has 1 fully saturated rings. The third kappa shape index (κ3) is 5.03. The van der Waals surface area contributed by atoms with Gasteiger partial charge in [-0.25, -0.2) is 4.98 Å². The predicted octanol–water partition coefficient (Wildman–Crippen LogP) is 4.05. The number of aromatic nitrogens is 1. The van der Waals surface area contributed by atoms with Gasteiger partial charge in [-0.15, -0.1) is 11.3 Å². The Bertz CT molecular complexity index is 764. The Labute approximate surface area is 158 Å². The average Bonchev–Trinajstić information content (AvgIpc) is 3.13. The van der Waals surface area contributed by atoms with E-state index in [2.05, 4.69) is 16.4 Å². The quantitative estimate of drug-likeness (QED) is 0.780. The van der Waals surface area contributed by atoms with Crippen LogP contribution in [-0.4, -0.2) is 32.9 Å². The Kier molecular flexibility index (Phi) is 6.45. The minimum atomic E-state index is -1.02. The summed E-state index contributed by atoms with van der Waals surface area (Å²) in [7, 11) is -1.02. The number of benzene rings is 1. The molecule has 1 saturated heterocycles. The van der Waals surface area contributed by atoms with E-state index in [-0.39, 0.29) is 5.91 Å². The van der Waals surface area contributed by atoms with E-state index in [0.717, 1.165) is 34.8 Å². The van der Waals surface area contributed by atoms with E-state index in [1.807, 2.05) is 41.4 Å². The SMILES string of the molecule is CS(=O)c1ccc(C(=CC2CCSCC2)C(=O)Nc2nccs2)cc1. The van der Waals surface area contributed by atoms with Crippen molar-refractivity contribution in [1.82, 2.24) is 4.98 Å². The molecule has 0 radical (unpaired) electrons. The van der Waals surface area contributed by atoms with Crippen molar-refractivity contribution in [3.63, 3.8) is 0 Å². The highest BCUT2D eigenvalue weighted by Gasteiger charge is 2.18. The monoisotopic (exact) mass is 392 g/mol. The lowest BCUT2D eigenvalue weighted by atomic mass is 9.95. The van der Waals surface area contributed by atoms with Crippen molar-refractivity contribution >= 4 is 50.5 Å². The molecule has 1 amide bonds. The van der Waals surface area contributed by atoms with Gasteiger partial charge in [0.1, 0.15) is 0 Å². The summed E-state index contributed by atoms with van der Waals surface area (Å²) in [4.78, 5) is 17.7. The second-order valence-corrected chi connectivity index (χ2v) is 9.30. The summed E-state index contributed by atoms with van der Waals surface area (Å²) in [5, 5.41) is 5.32. The molecule has 1 aliphatic heterocycles. The highest BCUT2D eigenvalue weighted by Crippen LogP contribution is 2.28.